The fraction of sp³-hybridized carbons (Fsp3) is 0.357. The van der Waals surface area contributed by atoms with Crippen molar-refractivity contribution in [3.8, 4) is 0 Å². The highest BCUT2D eigenvalue weighted by Gasteiger charge is 2.06. The van der Waals surface area contributed by atoms with Crippen LogP contribution in [0.25, 0.3) is 0 Å². The van der Waals surface area contributed by atoms with Crippen molar-refractivity contribution in [2.45, 2.75) is 33.9 Å². The number of nitrogens with one attached hydrogen (secondary N) is 1. The van der Waals surface area contributed by atoms with Gasteiger partial charge in [0.05, 0.1) is 6.20 Å². The molecule has 0 atom stereocenters. The van der Waals surface area contributed by atoms with Crippen LogP contribution in [0.3, 0.4) is 0 Å². The highest BCUT2D eigenvalue weighted by molar-refractivity contribution is 5.51. The second kappa shape index (κ2) is 5.21. The van der Waals surface area contributed by atoms with Crippen LogP contribution in [0.2, 0.25) is 0 Å². The third kappa shape index (κ3) is 2.53. The fourth-order valence-electron chi connectivity index (χ4n) is 1.95. The maximum atomic E-state index is 13.2. The van der Waals surface area contributed by atoms with Crippen LogP contribution in [0.1, 0.15) is 23.7 Å². The minimum atomic E-state index is -0.218. The first-order valence-corrected chi connectivity index (χ1v) is 6.13. The SMILES string of the molecule is CCn1ncc(CNc2cc(F)ccc2C)c1C. The summed E-state index contributed by atoms with van der Waals surface area (Å²) >= 11 is 0. The van der Waals surface area contributed by atoms with Gasteiger partial charge in [0.15, 0.2) is 0 Å². The number of aromatic nitrogens is 2. The predicted molar refractivity (Wildman–Crippen MR) is 71.1 cm³/mol. The lowest BCUT2D eigenvalue weighted by molar-refractivity contribution is 0.627. The lowest BCUT2D eigenvalue weighted by Crippen LogP contribution is -2.04. The summed E-state index contributed by atoms with van der Waals surface area (Å²) in [6.45, 7) is 7.60. The first kappa shape index (κ1) is 12.6. The number of aryl methyl sites for hydroxylation is 2. The van der Waals surface area contributed by atoms with Crippen molar-refractivity contribution in [1.82, 2.24) is 9.78 Å². The van der Waals surface area contributed by atoms with E-state index >= 15 is 0 Å². The molecule has 0 amide bonds. The van der Waals surface area contributed by atoms with Crippen LogP contribution in [0.15, 0.2) is 24.4 Å². The summed E-state index contributed by atoms with van der Waals surface area (Å²) < 4.78 is 15.1. The monoisotopic (exact) mass is 247 g/mol. The van der Waals surface area contributed by atoms with Gasteiger partial charge in [-0.2, -0.15) is 5.10 Å². The Morgan fingerprint density at radius 1 is 1.33 bits per heavy atom. The molecule has 1 heterocycles. The van der Waals surface area contributed by atoms with Gasteiger partial charge >= 0.3 is 0 Å². The van der Waals surface area contributed by atoms with E-state index in [0.717, 1.165) is 29.1 Å². The molecule has 2 rings (SSSR count). The molecule has 0 aliphatic rings. The second-order valence-electron chi connectivity index (χ2n) is 4.38. The van der Waals surface area contributed by atoms with Gasteiger partial charge < -0.3 is 5.32 Å². The molecule has 1 N–H and O–H groups in total. The van der Waals surface area contributed by atoms with Crippen molar-refractivity contribution in [2.75, 3.05) is 5.32 Å². The lowest BCUT2D eigenvalue weighted by Gasteiger charge is -2.09. The molecule has 0 radical (unpaired) electrons. The summed E-state index contributed by atoms with van der Waals surface area (Å²) in [5, 5.41) is 7.54. The van der Waals surface area contributed by atoms with E-state index in [2.05, 4.69) is 17.3 Å². The Morgan fingerprint density at radius 3 is 2.78 bits per heavy atom. The van der Waals surface area contributed by atoms with Crippen molar-refractivity contribution >= 4 is 5.69 Å². The van der Waals surface area contributed by atoms with Crippen LogP contribution >= 0.6 is 0 Å². The van der Waals surface area contributed by atoms with Gasteiger partial charge in [-0.15, -0.1) is 0 Å². The highest BCUT2D eigenvalue weighted by Crippen LogP contribution is 2.17. The van der Waals surface area contributed by atoms with Crippen LogP contribution < -0.4 is 5.32 Å². The van der Waals surface area contributed by atoms with Crippen molar-refractivity contribution in [3.05, 3.63) is 47.0 Å². The van der Waals surface area contributed by atoms with E-state index in [9.17, 15) is 4.39 Å². The summed E-state index contributed by atoms with van der Waals surface area (Å²) in [7, 11) is 0. The number of nitrogens with zero attached hydrogens (tertiary/aromatic N) is 2. The molecular weight excluding hydrogens is 229 g/mol. The number of benzene rings is 1. The molecule has 0 saturated carbocycles. The quantitative estimate of drug-likeness (QED) is 0.898. The van der Waals surface area contributed by atoms with Gasteiger partial charge in [-0.25, -0.2) is 4.39 Å². The number of halogens is 1. The normalized spacial score (nSPS) is 10.7. The zero-order valence-corrected chi connectivity index (χ0v) is 11.0. The Balaban J connectivity index is 2.11. The topological polar surface area (TPSA) is 29.9 Å². The Labute approximate surface area is 107 Å². The molecule has 0 aliphatic carbocycles. The van der Waals surface area contributed by atoms with Gasteiger partial charge in [-0.05, 0) is 38.5 Å². The molecule has 0 aliphatic heterocycles. The van der Waals surface area contributed by atoms with Crippen LogP contribution in [0, 0.1) is 19.7 Å². The number of rotatable bonds is 4. The van der Waals surface area contributed by atoms with Crippen LogP contribution in [0.4, 0.5) is 10.1 Å². The molecule has 0 spiro atoms. The second-order valence-corrected chi connectivity index (χ2v) is 4.38. The summed E-state index contributed by atoms with van der Waals surface area (Å²) in [5.41, 5.74) is 4.16. The number of hydrogen-bond acceptors (Lipinski definition) is 2. The van der Waals surface area contributed by atoms with E-state index in [1.165, 1.54) is 12.1 Å². The average molecular weight is 247 g/mol. The molecular formula is C14H18FN3. The van der Waals surface area contributed by atoms with E-state index in [1.54, 1.807) is 6.07 Å². The van der Waals surface area contributed by atoms with Gasteiger partial charge in [-0.1, -0.05) is 6.07 Å². The van der Waals surface area contributed by atoms with Crippen molar-refractivity contribution < 1.29 is 4.39 Å². The fourth-order valence-corrected chi connectivity index (χ4v) is 1.95. The smallest absolute Gasteiger partial charge is 0.125 e. The number of anilines is 1. The van der Waals surface area contributed by atoms with E-state index in [-0.39, 0.29) is 5.82 Å². The van der Waals surface area contributed by atoms with Gasteiger partial charge in [0.25, 0.3) is 0 Å². The molecule has 96 valence electrons. The maximum Gasteiger partial charge on any atom is 0.125 e. The zero-order chi connectivity index (χ0) is 13.1. The van der Waals surface area contributed by atoms with E-state index in [1.807, 2.05) is 24.7 Å². The third-order valence-electron chi connectivity index (χ3n) is 3.17. The standard InChI is InChI=1S/C14H18FN3/c1-4-18-11(3)12(9-17-18)8-16-14-7-13(15)6-5-10(14)2/h5-7,9,16H,4,8H2,1-3H3. The number of hydrogen-bond donors (Lipinski definition) is 1. The van der Waals surface area contributed by atoms with Crippen LogP contribution in [-0.2, 0) is 13.1 Å². The molecule has 18 heavy (non-hydrogen) atoms. The van der Waals surface area contributed by atoms with Gasteiger partial charge in [0.1, 0.15) is 5.82 Å². The average Bonchev–Trinajstić information content (AvgIpc) is 2.71. The van der Waals surface area contributed by atoms with Gasteiger partial charge in [0, 0.05) is 30.0 Å². The minimum absolute atomic E-state index is 0.218. The highest BCUT2D eigenvalue weighted by atomic mass is 19.1. The summed E-state index contributed by atoms with van der Waals surface area (Å²) in [4.78, 5) is 0. The molecule has 0 saturated heterocycles. The van der Waals surface area contributed by atoms with Crippen LogP contribution in [-0.4, -0.2) is 9.78 Å². The predicted octanol–water partition coefficient (Wildman–Crippen LogP) is 3.27. The molecule has 0 bridgehead atoms. The van der Waals surface area contributed by atoms with E-state index in [0.29, 0.717) is 6.54 Å². The van der Waals surface area contributed by atoms with Crippen molar-refractivity contribution in [1.29, 1.82) is 0 Å². The molecule has 4 heteroatoms. The summed E-state index contributed by atoms with van der Waals surface area (Å²) in [6, 6.07) is 4.77. The lowest BCUT2D eigenvalue weighted by atomic mass is 10.2. The first-order chi connectivity index (χ1) is 8.61. The van der Waals surface area contributed by atoms with Crippen molar-refractivity contribution in [2.24, 2.45) is 0 Å². The molecule has 1 aromatic carbocycles. The minimum Gasteiger partial charge on any atom is -0.381 e. The molecule has 1 aromatic heterocycles. The largest absolute Gasteiger partial charge is 0.381 e. The maximum absolute atomic E-state index is 13.2. The zero-order valence-electron chi connectivity index (χ0n) is 11.0. The summed E-state index contributed by atoms with van der Waals surface area (Å²) in [5.74, 6) is -0.218. The van der Waals surface area contributed by atoms with E-state index in [4.69, 9.17) is 0 Å². The van der Waals surface area contributed by atoms with Crippen molar-refractivity contribution in [3.63, 3.8) is 0 Å². The van der Waals surface area contributed by atoms with Crippen LogP contribution in [0.5, 0.6) is 0 Å². The molecule has 2 aromatic rings. The molecule has 3 nitrogen and oxygen atoms in total. The molecule has 0 unspecified atom stereocenters. The first-order valence-electron chi connectivity index (χ1n) is 6.13. The van der Waals surface area contributed by atoms with Gasteiger partial charge in [0.2, 0.25) is 0 Å². The summed E-state index contributed by atoms with van der Waals surface area (Å²) in [6.07, 6.45) is 1.86. The Hall–Kier alpha value is -1.84. The Bertz CT molecular complexity index is 546. The third-order valence-corrected chi connectivity index (χ3v) is 3.17. The molecule has 0 fully saturated rings. The van der Waals surface area contributed by atoms with E-state index < -0.39 is 0 Å². The Morgan fingerprint density at radius 2 is 2.11 bits per heavy atom. The van der Waals surface area contributed by atoms with Gasteiger partial charge in [-0.3, -0.25) is 4.68 Å². The Kier molecular flexibility index (Phi) is 3.65.